The van der Waals surface area contributed by atoms with E-state index in [0.717, 1.165) is 84.4 Å². The average Bonchev–Trinajstić information content (AvgIpc) is 3.87. The number of carboxylic acid groups (broad SMARTS) is 1. The maximum absolute atomic E-state index is 10.5. The third-order valence-electron chi connectivity index (χ3n) is 8.38. The molecule has 61 heavy (non-hydrogen) atoms. The molecule has 6 N–H and O–H groups in total. The Balaban J connectivity index is -0.000000157. The standard InChI is InChI=1S/C12H12N2O2.C12H14N2.C8H6N2O2.C4H8Br2.C4H9O.CH2O2.CH4.HI.K.H3N.Na/c13-9-12(7-1-2-8-12)10-3-5-11(6-4-10)14(15)16;13-9-12(7-1-2-8-12)10-3-5-11(14)6-4-10;9-6-5-7-1-3-8(4-2-7)10(11)12;5-3-1-2-4-6;1-4(2,3)5;2-1-3;;;;;/h3-6H,1-2,7-8H2;3-6H,1-2,7-8,14H2;1-4H,5H2;1-4H2;1-3H3;1H,(H,2,3);1H4;1H;;1H3;/q;;;;-1;;;;+1;;+1/p-1. The summed E-state index contributed by atoms with van der Waals surface area (Å²) in [7, 11) is 0. The Morgan fingerprint density at radius 3 is 1.28 bits per heavy atom. The van der Waals surface area contributed by atoms with Gasteiger partial charge in [-0.3, -0.25) is 25.0 Å². The molecule has 5 rings (SSSR count). The van der Waals surface area contributed by atoms with Crippen molar-refractivity contribution in [3.05, 3.63) is 110 Å². The number of non-ortho nitro benzene ring substituents is 2. The van der Waals surface area contributed by atoms with Gasteiger partial charge in [0, 0.05) is 40.6 Å². The number of anilines is 1. The largest absolute Gasteiger partial charge is 1.00 e. The molecule has 2 aliphatic carbocycles. The molecule has 2 aliphatic rings. The van der Waals surface area contributed by atoms with Crippen molar-refractivity contribution in [1.82, 2.24) is 6.15 Å². The number of benzene rings is 3. The molecule has 2 fully saturated rings. The first kappa shape index (κ1) is 71.1. The summed E-state index contributed by atoms with van der Waals surface area (Å²) in [6, 6.07) is 26.9. The fourth-order valence-electron chi connectivity index (χ4n) is 5.61. The number of unbranched alkanes of at least 4 members (excludes halogenated alkanes) is 1. The number of nitrogen functional groups attached to an aromatic ring is 1. The SMILES string of the molecule is BrCCCCBr.C.CC(C)(C)[O-].N.N#CC1(c2ccc(N)cc2)CCCC1.N#CC1(c2ccc([N+](=O)[O-])cc2)CCCC1.N#CCc1ccc([N+](=O)[O-])cc1.O=CO.[I-].[K+].[Na+]. The summed E-state index contributed by atoms with van der Waals surface area (Å²) >= 11 is 6.66. The number of nitriles is 3. The first-order valence-electron chi connectivity index (χ1n) is 18.0. The molecule has 0 aromatic heterocycles. The fourth-order valence-corrected chi connectivity index (χ4v) is 6.40. The number of halogens is 3. The number of nitro benzene ring substituents is 2. The van der Waals surface area contributed by atoms with Crippen LogP contribution in [0.25, 0.3) is 0 Å². The fraction of sp³-hybridized carbons (Fsp3) is 0.476. The molecule has 0 unspecified atom stereocenters. The topological polar surface area (TPSA) is 279 Å². The summed E-state index contributed by atoms with van der Waals surface area (Å²) < 4.78 is 0. The van der Waals surface area contributed by atoms with Crippen molar-refractivity contribution in [2.45, 2.75) is 115 Å². The van der Waals surface area contributed by atoms with Crippen LogP contribution in [0.15, 0.2) is 72.8 Å². The molecule has 3 aromatic carbocycles. The smallest absolute Gasteiger partial charge is 1.00 e. The first-order valence-corrected chi connectivity index (χ1v) is 20.2. The van der Waals surface area contributed by atoms with E-state index in [1.165, 1.54) is 37.1 Å². The molecular formula is C42H58Br2IKN7NaO7. The summed E-state index contributed by atoms with van der Waals surface area (Å²) in [6.07, 6.45) is 11.0. The Morgan fingerprint density at radius 1 is 0.754 bits per heavy atom. The summed E-state index contributed by atoms with van der Waals surface area (Å²) in [5.41, 5.74) is 7.98. The van der Waals surface area contributed by atoms with Gasteiger partial charge in [-0.1, -0.05) is 122 Å². The van der Waals surface area contributed by atoms with Crippen LogP contribution in [-0.2, 0) is 22.0 Å². The molecule has 0 heterocycles. The van der Waals surface area contributed by atoms with Gasteiger partial charge < -0.3 is 46.1 Å². The van der Waals surface area contributed by atoms with E-state index in [1.807, 2.05) is 30.3 Å². The Morgan fingerprint density at radius 2 is 1.03 bits per heavy atom. The molecule has 0 spiro atoms. The maximum Gasteiger partial charge on any atom is 1.00 e. The molecule has 0 amide bonds. The van der Waals surface area contributed by atoms with E-state index in [9.17, 15) is 35.9 Å². The van der Waals surface area contributed by atoms with E-state index < -0.39 is 20.9 Å². The normalized spacial score (nSPS) is 12.9. The van der Waals surface area contributed by atoms with Gasteiger partial charge in [0.15, 0.2) is 0 Å². The van der Waals surface area contributed by atoms with E-state index >= 15 is 0 Å². The monoisotopic (exact) mass is 1120 g/mol. The van der Waals surface area contributed by atoms with Crippen LogP contribution in [0, 0.1) is 54.2 Å². The molecule has 14 nitrogen and oxygen atoms in total. The third-order valence-corrected chi connectivity index (χ3v) is 9.51. The summed E-state index contributed by atoms with van der Waals surface area (Å²) in [6.45, 7) is 4.65. The van der Waals surface area contributed by atoms with Crippen molar-refractivity contribution in [2.75, 3.05) is 16.4 Å². The molecule has 0 bridgehead atoms. The van der Waals surface area contributed by atoms with Crippen LogP contribution >= 0.6 is 31.9 Å². The molecule has 2 saturated carbocycles. The molecule has 0 atom stereocenters. The second-order valence-corrected chi connectivity index (χ2v) is 15.4. The van der Waals surface area contributed by atoms with Crippen LogP contribution in [0.5, 0.6) is 0 Å². The van der Waals surface area contributed by atoms with Gasteiger partial charge in [-0.15, -0.1) is 5.60 Å². The molecule has 326 valence electrons. The van der Waals surface area contributed by atoms with Gasteiger partial charge in [0.2, 0.25) is 0 Å². The van der Waals surface area contributed by atoms with Crippen molar-refractivity contribution in [3.63, 3.8) is 0 Å². The zero-order chi connectivity index (χ0) is 42.6. The summed E-state index contributed by atoms with van der Waals surface area (Å²) in [5, 5.41) is 66.8. The minimum atomic E-state index is -0.750. The first-order chi connectivity index (χ1) is 26.5. The van der Waals surface area contributed by atoms with Crippen molar-refractivity contribution in [3.8, 4) is 18.2 Å². The summed E-state index contributed by atoms with van der Waals surface area (Å²) in [5.74, 6) is 0. The minimum Gasteiger partial charge on any atom is -1.00 e. The van der Waals surface area contributed by atoms with Crippen molar-refractivity contribution < 1.29 is 130 Å². The van der Waals surface area contributed by atoms with Gasteiger partial charge in [-0.05, 0) is 67.3 Å². The molecular weight excluding hydrogens is 1060 g/mol. The number of nitrogens with two attached hydrogens (primary N) is 1. The third kappa shape index (κ3) is 30.3. The molecule has 0 aliphatic heterocycles. The van der Waals surface area contributed by atoms with Crippen molar-refractivity contribution in [2.24, 2.45) is 0 Å². The second kappa shape index (κ2) is 40.0. The Labute approximate surface area is 460 Å². The van der Waals surface area contributed by atoms with Crippen LogP contribution in [-0.4, -0.2) is 37.7 Å². The van der Waals surface area contributed by atoms with Gasteiger partial charge in [0.1, 0.15) is 0 Å². The number of nitrogens with zero attached hydrogens (tertiary/aromatic N) is 5. The van der Waals surface area contributed by atoms with Crippen molar-refractivity contribution >= 4 is 55.4 Å². The van der Waals surface area contributed by atoms with Gasteiger partial charge in [0.05, 0.1) is 45.3 Å². The Kier molecular flexibility index (Phi) is 46.6. The number of rotatable bonds is 8. The van der Waals surface area contributed by atoms with Crippen LogP contribution in [0.2, 0.25) is 0 Å². The van der Waals surface area contributed by atoms with Crippen LogP contribution in [0.1, 0.15) is 109 Å². The van der Waals surface area contributed by atoms with E-state index in [1.54, 1.807) is 45.0 Å². The number of nitro groups is 2. The predicted molar refractivity (Wildman–Crippen MR) is 235 cm³/mol. The van der Waals surface area contributed by atoms with E-state index in [-0.39, 0.29) is 148 Å². The number of hydrogen-bond acceptors (Lipinski definition) is 11. The molecule has 3 aromatic rings. The van der Waals surface area contributed by atoms with Crippen LogP contribution < -0.4 is 122 Å². The Bertz CT molecular complexity index is 1730. The number of alkyl halides is 2. The summed E-state index contributed by atoms with van der Waals surface area (Å²) in [4.78, 5) is 28.2. The van der Waals surface area contributed by atoms with Gasteiger partial charge in [-0.25, -0.2) is 0 Å². The molecule has 19 heteroatoms. The molecule has 0 radical (unpaired) electrons. The second-order valence-electron chi connectivity index (χ2n) is 13.8. The van der Waals surface area contributed by atoms with E-state index in [0.29, 0.717) is 0 Å². The number of carbonyl (C=O) groups is 1. The predicted octanol–water partition coefficient (Wildman–Crippen LogP) is 1.41. The zero-order valence-corrected chi connectivity index (χ0v) is 45.7. The van der Waals surface area contributed by atoms with Gasteiger partial charge in [0.25, 0.3) is 17.8 Å². The van der Waals surface area contributed by atoms with E-state index in [4.69, 9.17) is 20.9 Å². The van der Waals surface area contributed by atoms with Crippen LogP contribution in [0.4, 0.5) is 17.1 Å². The van der Waals surface area contributed by atoms with Gasteiger partial charge in [-0.2, -0.15) is 15.8 Å². The quantitative estimate of drug-likeness (QED) is 0.0422. The van der Waals surface area contributed by atoms with Crippen molar-refractivity contribution in [1.29, 1.82) is 15.8 Å². The maximum atomic E-state index is 10.5. The number of hydrogen-bond donors (Lipinski definition) is 3. The minimum absolute atomic E-state index is 0. The zero-order valence-electron chi connectivity index (χ0n) is 35.2. The van der Waals surface area contributed by atoms with E-state index in [2.05, 4.69) is 44.0 Å². The molecule has 0 saturated heterocycles. The van der Waals surface area contributed by atoms with Gasteiger partial charge >= 0.3 is 80.9 Å². The average molecular weight is 1120 g/mol. The Hall–Kier alpha value is -1.55. The van der Waals surface area contributed by atoms with Crippen LogP contribution in [0.3, 0.4) is 0 Å².